The summed E-state index contributed by atoms with van der Waals surface area (Å²) >= 11 is 12.2. The van der Waals surface area contributed by atoms with E-state index in [0.717, 1.165) is 11.3 Å². The van der Waals surface area contributed by atoms with Crippen molar-refractivity contribution in [3.05, 3.63) is 45.7 Å². The zero-order valence-electron chi connectivity index (χ0n) is 8.74. The van der Waals surface area contributed by atoms with E-state index in [1.54, 1.807) is 6.20 Å². The van der Waals surface area contributed by atoms with Crippen molar-refractivity contribution in [1.29, 1.82) is 0 Å². The summed E-state index contributed by atoms with van der Waals surface area (Å²) in [6, 6.07) is 5.44. The molecule has 16 heavy (non-hydrogen) atoms. The van der Waals surface area contributed by atoms with Crippen molar-refractivity contribution in [2.45, 2.75) is 13.5 Å². The molecule has 0 saturated heterocycles. The first-order valence-electron chi connectivity index (χ1n) is 4.80. The Bertz CT molecular complexity index is 480. The fraction of sp³-hybridized carbons (Fsp3) is 0.182. The molecule has 0 radical (unpaired) electrons. The smallest absolute Gasteiger partial charge is 0.200 e. The topological polar surface area (TPSA) is 43.8 Å². The maximum absolute atomic E-state index is 6.09. The number of benzene rings is 1. The summed E-state index contributed by atoms with van der Waals surface area (Å²) in [5, 5.41) is 1.28. The van der Waals surface area contributed by atoms with Crippen LogP contribution in [0.1, 0.15) is 11.3 Å². The molecule has 0 bridgehead atoms. The van der Waals surface area contributed by atoms with Crippen LogP contribution in [0.2, 0.25) is 10.0 Å². The first-order valence-corrected chi connectivity index (χ1v) is 5.55. The molecule has 2 N–H and O–H groups in total. The molecule has 0 unspecified atom stereocenters. The zero-order valence-corrected chi connectivity index (χ0v) is 10.3. The first kappa shape index (κ1) is 11.3. The molecule has 0 aliphatic heterocycles. The summed E-state index contributed by atoms with van der Waals surface area (Å²) in [7, 11) is 0. The van der Waals surface area contributed by atoms with Gasteiger partial charge in [0.2, 0.25) is 5.95 Å². The standard InChI is InChI=1S/C11H11Cl2N3/c1-7-5-15-11(14)16(7)6-8-9(12)3-2-4-10(8)13/h2-5H,6H2,1H3,(H2,14,15). The number of anilines is 1. The van der Waals surface area contributed by atoms with E-state index in [0.29, 0.717) is 22.5 Å². The van der Waals surface area contributed by atoms with Gasteiger partial charge in [0.15, 0.2) is 0 Å². The van der Waals surface area contributed by atoms with E-state index in [9.17, 15) is 0 Å². The lowest BCUT2D eigenvalue weighted by Crippen LogP contribution is -2.07. The Labute approximate surface area is 104 Å². The molecule has 0 aliphatic rings. The van der Waals surface area contributed by atoms with Crippen molar-refractivity contribution in [1.82, 2.24) is 9.55 Å². The number of aromatic nitrogens is 2. The number of hydrogen-bond donors (Lipinski definition) is 1. The van der Waals surface area contributed by atoms with Gasteiger partial charge in [0.1, 0.15) is 0 Å². The van der Waals surface area contributed by atoms with Gasteiger partial charge in [-0.1, -0.05) is 29.3 Å². The van der Waals surface area contributed by atoms with Gasteiger partial charge in [-0.15, -0.1) is 0 Å². The number of imidazole rings is 1. The van der Waals surface area contributed by atoms with Crippen molar-refractivity contribution in [2.75, 3.05) is 5.73 Å². The van der Waals surface area contributed by atoms with Crippen LogP contribution in [0, 0.1) is 6.92 Å². The Balaban J connectivity index is 2.41. The number of aryl methyl sites for hydroxylation is 1. The monoisotopic (exact) mass is 255 g/mol. The highest BCUT2D eigenvalue weighted by atomic mass is 35.5. The molecule has 0 saturated carbocycles. The molecular weight excluding hydrogens is 245 g/mol. The van der Waals surface area contributed by atoms with Crippen LogP contribution in [0.25, 0.3) is 0 Å². The van der Waals surface area contributed by atoms with Gasteiger partial charge in [-0.2, -0.15) is 0 Å². The van der Waals surface area contributed by atoms with Crippen molar-refractivity contribution in [3.8, 4) is 0 Å². The predicted octanol–water partition coefficient (Wildman–Crippen LogP) is 3.13. The van der Waals surface area contributed by atoms with Crippen LogP contribution in [0.3, 0.4) is 0 Å². The zero-order chi connectivity index (χ0) is 11.7. The van der Waals surface area contributed by atoms with Gasteiger partial charge < -0.3 is 10.3 Å². The van der Waals surface area contributed by atoms with Crippen molar-refractivity contribution < 1.29 is 0 Å². The molecule has 0 atom stereocenters. The Morgan fingerprint density at radius 3 is 2.44 bits per heavy atom. The molecule has 1 heterocycles. The van der Waals surface area contributed by atoms with E-state index in [1.165, 1.54) is 0 Å². The number of rotatable bonds is 2. The van der Waals surface area contributed by atoms with Crippen LogP contribution in [-0.2, 0) is 6.54 Å². The summed E-state index contributed by atoms with van der Waals surface area (Å²) in [6.07, 6.45) is 1.72. The molecule has 2 rings (SSSR count). The number of halogens is 2. The van der Waals surface area contributed by atoms with E-state index < -0.39 is 0 Å². The number of hydrogen-bond acceptors (Lipinski definition) is 2. The molecular formula is C11H11Cl2N3. The summed E-state index contributed by atoms with van der Waals surface area (Å²) in [6.45, 7) is 2.48. The lowest BCUT2D eigenvalue weighted by molar-refractivity contribution is 0.783. The fourth-order valence-electron chi connectivity index (χ4n) is 1.53. The number of nitrogens with zero attached hydrogens (tertiary/aromatic N) is 2. The highest BCUT2D eigenvalue weighted by Crippen LogP contribution is 2.26. The van der Waals surface area contributed by atoms with Crippen molar-refractivity contribution in [2.24, 2.45) is 0 Å². The second-order valence-corrected chi connectivity index (χ2v) is 4.36. The molecule has 0 spiro atoms. The largest absolute Gasteiger partial charge is 0.369 e. The Morgan fingerprint density at radius 2 is 1.94 bits per heavy atom. The minimum atomic E-state index is 0.466. The Hall–Kier alpha value is -1.19. The Morgan fingerprint density at radius 1 is 1.31 bits per heavy atom. The van der Waals surface area contributed by atoms with Crippen LogP contribution in [0.15, 0.2) is 24.4 Å². The second kappa shape index (κ2) is 4.36. The average molecular weight is 256 g/mol. The minimum Gasteiger partial charge on any atom is -0.369 e. The van der Waals surface area contributed by atoms with Crippen LogP contribution < -0.4 is 5.73 Å². The van der Waals surface area contributed by atoms with Crippen LogP contribution in [0.5, 0.6) is 0 Å². The van der Waals surface area contributed by atoms with Gasteiger partial charge >= 0.3 is 0 Å². The van der Waals surface area contributed by atoms with Crippen LogP contribution >= 0.6 is 23.2 Å². The lowest BCUT2D eigenvalue weighted by atomic mass is 10.2. The second-order valence-electron chi connectivity index (χ2n) is 3.54. The van der Waals surface area contributed by atoms with Crippen molar-refractivity contribution >= 4 is 29.2 Å². The highest BCUT2D eigenvalue weighted by molar-refractivity contribution is 6.35. The lowest BCUT2D eigenvalue weighted by Gasteiger charge is -2.10. The maximum atomic E-state index is 6.09. The quantitative estimate of drug-likeness (QED) is 0.897. The first-order chi connectivity index (χ1) is 7.59. The predicted molar refractivity (Wildman–Crippen MR) is 66.9 cm³/mol. The van der Waals surface area contributed by atoms with Gasteiger partial charge in [-0.3, -0.25) is 0 Å². The van der Waals surface area contributed by atoms with E-state index >= 15 is 0 Å². The summed E-state index contributed by atoms with van der Waals surface area (Å²) < 4.78 is 1.87. The Kier molecular flexibility index (Phi) is 3.08. The molecule has 1 aromatic heterocycles. The molecule has 5 heteroatoms. The van der Waals surface area contributed by atoms with Gasteiger partial charge in [0.05, 0.1) is 12.7 Å². The van der Waals surface area contributed by atoms with Crippen molar-refractivity contribution in [3.63, 3.8) is 0 Å². The van der Waals surface area contributed by atoms with Crippen LogP contribution in [0.4, 0.5) is 5.95 Å². The molecule has 84 valence electrons. The van der Waals surface area contributed by atoms with Gasteiger partial charge in [-0.25, -0.2) is 4.98 Å². The molecule has 3 nitrogen and oxygen atoms in total. The summed E-state index contributed by atoms with van der Waals surface area (Å²) in [5.74, 6) is 0.466. The van der Waals surface area contributed by atoms with Gasteiger partial charge in [0.25, 0.3) is 0 Å². The molecule has 2 aromatic rings. The third kappa shape index (κ3) is 2.01. The highest BCUT2D eigenvalue weighted by Gasteiger charge is 2.09. The minimum absolute atomic E-state index is 0.466. The van der Waals surface area contributed by atoms with E-state index in [4.69, 9.17) is 28.9 Å². The number of nitrogen functional groups attached to an aromatic ring is 1. The molecule has 0 aliphatic carbocycles. The third-order valence-electron chi connectivity index (χ3n) is 2.46. The normalized spacial score (nSPS) is 10.7. The average Bonchev–Trinajstić information content (AvgIpc) is 2.54. The number of nitrogens with two attached hydrogens (primary N) is 1. The van der Waals surface area contributed by atoms with E-state index in [-0.39, 0.29) is 0 Å². The van der Waals surface area contributed by atoms with E-state index in [2.05, 4.69) is 4.98 Å². The molecule has 0 fully saturated rings. The molecule has 1 aromatic carbocycles. The maximum Gasteiger partial charge on any atom is 0.200 e. The fourth-order valence-corrected chi connectivity index (χ4v) is 2.04. The van der Waals surface area contributed by atoms with Crippen LogP contribution in [-0.4, -0.2) is 9.55 Å². The third-order valence-corrected chi connectivity index (χ3v) is 3.17. The SMILES string of the molecule is Cc1cnc(N)n1Cc1c(Cl)cccc1Cl. The molecule has 0 amide bonds. The van der Waals surface area contributed by atoms with Gasteiger partial charge in [-0.05, 0) is 19.1 Å². The summed E-state index contributed by atoms with van der Waals surface area (Å²) in [4.78, 5) is 4.03. The summed E-state index contributed by atoms with van der Waals surface area (Å²) in [5.41, 5.74) is 7.59. The van der Waals surface area contributed by atoms with Gasteiger partial charge in [0, 0.05) is 21.3 Å². The van der Waals surface area contributed by atoms with E-state index in [1.807, 2.05) is 29.7 Å².